The van der Waals surface area contributed by atoms with Crippen molar-refractivity contribution in [1.82, 2.24) is 3.96 Å². The zero-order valence-electron chi connectivity index (χ0n) is 9.06. The maximum atomic E-state index is 12.3. The van der Waals surface area contributed by atoms with Gasteiger partial charge in [0.1, 0.15) is 0 Å². The highest BCUT2D eigenvalue weighted by Gasteiger charge is 2.11. The standard InChI is InChI=1S/C13H7BrINOS/c14-10-6-5-8(15)7-11(10)16-13(17)9-3-1-2-4-12(9)18-16/h1-7H. The molecule has 0 spiro atoms. The number of hydrogen-bond acceptors (Lipinski definition) is 2. The first-order valence-electron chi connectivity index (χ1n) is 5.23. The van der Waals surface area contributed by atoms with Crippen LogP contribution in [0.2, 0.25) is 0 Å². The van der Waals surface area contributed by atoms with Gasteiger partial charge in [-0.3, -0.25) is 4.79 Å². The van der Waals surface area contributed by atoms with Crippen LogP contribution in [-0.4, -0.2) is 3.96 Å². The molecule has 1 heterocycles. The molecule has 90 valence electrons. The van der Waals surface area contributed by atoms with E-state index in [4.69, 9.17) is 0 Å². The van der Waals surface area contributed by atoms with Crippen LogP contribution in [0.1, 0.15) is 0 Å². The Labute approximate surface area is 130 Å². The van der Waals surface area contributed by atoms with Crippen LogP contribution < -0.4 is 5.56 Å². The predicted octanol–water partition coefficient (Wildman–Crippen LogP) is 4.42. The molecule has 0 saturated carbocycles. The molecule has 18 heavy (non-hydrogen) atoms. The van der Waals surface area contributed by atoms with Gasteiger partial charge in [0.15, 0.2) is 0 Å². The third kappa shape index (κ3) is 2.04. The number of nitrogens with zero attached hydrogens (tertiary/aromatic N) is 1. The lowest BCUT2D eigenvalue weighted by Gasteiger charge is -2.03. The Morgan fingerprint density at radius 2 is 1.94 bits per heavy atom. The summed E-state index contributed by atoms with van der Waals surface area (Å²) < 4.78 is 4.77. The quantitative estimate of drug-likeness (QED) is 0.523. The summed E-state index contributed by atoms with van der Waals surface area (Å²) in [5, 5.41) is 0.772. The molecule has 0 aliphatic heterocycles. The third-order valence-corrected chi connectivity index (χ3v) is 5.06. The van der Waals surface area contributed by atoms with Gasteiger partial charge in [0.2, 0.25) is 0 Å². The van der Waals surface area contributed by atoms with Crippen LogP contribution in [0.5, 0.6) is 0 Å². The van der Waals surface area contributed by atoms with Gasteiger partial charge < -0.3 is 0 Å². The van der Waals surface area contributed by atoms with E-state index < -0.39 is 0 Å². The molecule has 0 aliphatic carbocycles. The van der Waals surface area contributed by atoms with Gasteiger partial charge in [0.05, 0.1) is 15.8 Å². The maximum absolute atomic E-state index is 12.3. The Bertz CT molecular complexity index is 793. The SMILES string of the molecule is O=c1c2ccccc2sn1-c1cc(I)ccc1Br. The molecule has 3 aromatic rings. The maximum Gasteiger partial charge on any atom is 0.273 e. The second-order valence-corrected chi connectivity index (χ2v) is 6.87. The molecular formula is C13H7BrINOS. The van der Waals surface area contributed by atoms with Crippen LogP contribution >= 0.6 is 50.1 Å². The number of halogens is 2. The van der Waals surface area contributed by atoms with Crippen LogP contribution in [0.4, 0.5) is 0 Å². The molecule has 0 saturated heterocycles. The van der Waals surface area contributed by atoms with Crippen molar-refractivity contribution >= 4 is 60.1 Å². The van der Waals surface area contributed by atoms with Crippen LogP contribution in [0.3, 0.4) is 0 Å². The van der Waals surface area contributed by atoms with Gasteiger partial charge in [-0.05, 0) is 68.9 Å². The Morgan fingerprint density at radius 3 is 2.72 bits per heavy atom. The molecular weight excluding hydrogens is 425 g/mol. The molecule has 2 aromatic carbocycles. The fourth-order valence-corrected chi connectivity index (χ4v) is 3.81. The van der Waals surface area contributed by atoms with E-state index in [9.17, 15) is 4.79 Å². The molecule has 2 nitrogen and oxygen atoms in total. The molecule has 5 heteroatoms. The van der Waals surface area contributed by atoms with Gasteiger partial charge in [-0.2, -0.15) is 0 Å². The van der Waals surface area contributed by atoms with Crippen molar-refractivity contribution in [1.29, 1.82) is 0 Å². The minimum atomic E-state index is 0.0401. The molecule has 0 N–H and O–H groups in total. The summed E-state index contributed by atoms with van der Waals surface area (Å²) in [6.07, 6.45) is 0. The van der Waals surface area contributed by atoms with Crippen LogP contribution in [0, 0.1) is 3.57 Å². The van der Waals surface area contributed by atoms with Crippen molar-refractivity contribution in [2.24, 2.45) is 0 Å². The van der Waals surface area contributed by atoms with E-state index in [1.54, 1.807) is 3.96 Å². The Morgan fingerprint density at radius 1 is 1.17 bits per heavy atom. The summed E-state index contributed by atoms with van der Waals surface area (Å²) >= 11 is 7.22. The van der Waals surface area contributed by atoms with Gasteiger partial charge in [-0.15, -0.1) is 0 Å². The van der Waals surface area contributed by atoms with Crippen molar-refractivity contribution in [2.45, 2.75) is 0 Å². The highest BCUT2D eigenvalue weighted by molar-refractivity contribution is 14.1. The van der Waals surface area contributed by atoms with Crippen molar-refractivity contribution < 1.29 is 0 Å². The normalized spacial score (nSPS) is 11.0. The highest BCUT2D eigenvalue weighted by atomic mass is 127. The molecule has 0 fully saturated rings. The summed E-state index contributed by atoms with van der Waals surface area (Å²) in [5.41, 5.74) is 0.936. The van der Waals surface area contributed by atoms with E-state index >= 15 is 0 Å². The molecule has 3 rings (SSSR count). The highest BCUT2D eigenvalue weighted by Crippen LogP contribution is 2.26. The lowest BCUT2D eigenvalue weighted by molar-refractivity contribution is 1.13. The minimum absolute atomic E-state index is 0.0401. The van der Waals surface area contributed by atoms with Crippen LogP contribution in [-0.2, 0) is 0 Å². The first kappa shape index (κ1) is 12.4. The largest absolute Gasteiger partial charge is 0.273 e. The number of rotatable bonds is 1. The fourth-order valence-electron chi connectivity index (χ4n) is 1.77. The van der Waals surface area contributed by atoms with Crippen molar-refractivity contribution in [3.63, 3.8) is 0 Å². The minimum Gasteiger partial charge on any atom is -0.267 e. The Balaban J connectivity index is 2.35. The van der Waals surface area contributed by atoms with E-state index in [2.05, 4.69) is 38.5 Å². The van der Waals surface area contributed by atoms with E-state index in [1.165, 1.54) is 11.5 Å². The Kier molecular flexibility index (Phi) is 3.29. The summed E-state index contributed by atoms with van der Waals surface area (Å²) in [6.45, 7) is 0. The average Bonchev–Trinajstić information content (AvgIpc) is 2.71. The summed E-state index contributed by atoms with van der Waals surface area (Å²) in [6, 6.07) is 13.7. The van der Waals surface area contributed by atoms with Crippen molar-refractivity contribution in [3.05, 3.63) is 60.9 Å². The number of aromatic nitrogens is 1. The molecule has 0 unspecified atom stereocenters. The molecule has 0 radical (unpaired) electrons. The van der Waals surface area contributed by atoms with Crippen LogP contribution in [0.25, 0.3) is 15.8 Å². The molecule has 0 atom stereocenters. The van der Waals surface area contributed by atoms with E-state index in [-0.39, 0.29) is 5.56 Å². The molecule has 1 aromatic heterocycles. The Hall–Kier alpha value is -0.660. The first-order chi connectivity index (χ1) is 8.66. The lowest BCUT2D eigenvalue weighted by atomic mass is 10.3. The molecule has 0 amide bonds. The van der Waals surface area contributed by atoms with Crippen molar-refractivity contribution in [3.8, 4) is 5.69 Å². The van der Waals surface area contributed by atoms with E-state index in [0.29, 0.717) is 0 Å². The second kappa shape index (κ2) is 4.79. The topological polar surface area (TPSA) is 22.0 Å². The molecule has 0 aliphatic rings. The zero-order valence-corrected chi connectivity index (χ0v) is 13.6. The van der Waals surface area contributed by atoms with Gasteiger partial charge in [-0.25, -0.2) is 3.96 Å². The second-order valence-electron chi connectivity index (χ2n) is 3.78. The van der Waals surface area contributed by atoms with Crippen molar-refractivity contribution in [2.75, 3.05) is 0 Å². The number of hydrogen-bond donors (Lipinski definition) is 0. The van der Waals surface area contributed by atoms with E-state index in [1.807, 2.05) is 42.5 Å². The van der Waals surface area contributed by atoms with E-state index in [0.717, 1.165) is 23.8 Å². The fraction of sp³-hybridized carbons (Fsp3) is 0. The average molecular weight is 432 g/mol. The monoisotopic (exact) mass is 431 g/mol. The zero-order chi connectivity index (χ0) is 12.7. The number of fused-ring (bicyclic) bond motifs is 1. The smallest absolute Gasteiger partial charge is 0.267 e. The summed E-state index contributed by atoms with van der Waals surface area (Å²) in [7, 11) is 0. The summed E-state index contributed by atoms with van der Waals surface area (Å²) in [5.74, 6) is 0. The first-order valence-corrected chi connectivity index (χ1v) is 7.88. The van der Waals surface area contributed by atoms with Gasteiger partial charge in [0.25, 0.3) is 5.56 Å². The number of benzene rings is 2. The van der Waals surface area contributed by atoms with Gasteiger partial charge in [0, 0.05) is 8.04 Å². The lowest BCUT2D eigenvalue weighted by Crippen LogP contribution is -2.11. The summed E-state index contributed by atoms with van der Waals surface area (Å²) in [4.78, 5) is 12.3. The predicted molar refractivity (Wildman–Crippen MR) is 87.8 cm³/mol. The van der Waals surface area contributed by atoms with Gasteiger partial charge in [-0.1, -0.05) is 23.7 Å². The molecule has 0 bridgehead atoms. The van der Waals surface area contributed by atoms with Crippen LogP contribution in [0.15, 0.2) is 51.7 Å². The van der Waals surface area contributed by atoms with Gasteiger partial charge >= 0.3 is 0 Å². The third-order valence-electron chi connectivity index (χ3n) is 2.62.